The van der Waals surface area contributed by atoms with Crippen LogP contribution in [-0.2, 0) is 23.1 Å². The number of phenolic OH excluding ortho intramolecular Hbond substituents is 1. The molecule has 2 heterocycles. The molecule has 6 heteroatoms. The van der Waals surface area contributed by atoms with Crippen LogP contribution < -0.4 is 4.74 Å². The minimum absolute atomic E-state index is 0.0486. The van der Waals surface area contributed by atoms with E-state index in [4.69, 9.17) is 4.74 Å². The lowest BCUT2D eigenvalue weighted by molar-refractivity contribution is -0.202. The van der Waals surface area contributed by atoms with Crippen molar-refractivity contribution in [3.8, 4) is 11.5 Å². The molecule has 2 saturated carbocycles. The van der Waals surface area contributed by atoms with E-state index < -0.39 is 11.0 Å². The molecule has 6 nitrogen and oxygen atoms in total. The van der Waals surface area contributed by atoms with E-state index in [-0.39, 0.29) is 29.8 Å². The third-order valence-electron chi connectivity index (χ3n) is 10.7. The van der Waals surface area contributed by atoms with Gasteiger partial charge in [-0.05, 0) is 87.4 Å². The van der Waals surface area contributed by atoms with E-state index in [1.165, 1.54) is 29.5 Å². The Morgan fingerprint density at radius 2 is 2.00 bits per heavy atom. The van der Waals surface area contributed by atoms with Gasteiger partial charge < -0.3 is 19.8 Å². The maximum atomic E-state index is 14.0. The largest absolute Gasteiger partial charge is 0.504 e. The van der Waals surface area contributed by atoms with Crippen LogP contribution in [0.5, 0.6) is 11.5 Å². The Bertz CT molecular complexity index is 1320. The third-order valence-corrected chi connectivity index (χ3v) is 10.7. The number of piperidine rings is 1. The molecule has 0 aromatic heterocycles. The number of hydrogen-bond acceptors (Lipinski definition) is 5. The van der Waals surface area contributed by atoms with Gasteiger partial charge in [-0.2, -0.15) is 0 Å². The van der Waals surface area contributed by atoms with E-state index in [1.54, 1.807) is 6.07 Å². The summed E-state index contributed by atoms with van der Waals surface area (Å²) in [7, 11) is 0. The van der Waals surface area contributed by atoms with Gasteiger partial charge in [0.05, 0.1) is 17.1 Å². The van der Waals surface area contributed by atoms with Crippen molar-refractivity contribution in [1.29, 1.82) is 0 Å². The zero-order valence-corrected chi connectivity index (χ0v) is 24.2. The molecule has 1 saturated heterocycles. The van der Waals surface area contributed by atoms with Gasteiger partial charge in [0, 0.05) is 31.1 Å². The Labute approximate surface area is 238 Å². The molecule has 0 radical (unpaired) electrons. The smallest absolute Gasteiger partial charge is 0.223 e. The number of ether oxygens (including phenoxy) is 1. The molecule has 5 aliphatic rings. The fraction of sp³-hybridized carbons (Fsp3) is 0.618. The summed E-state index contributed by atoms with van der Waals surface area (Å²) in [6.45, 7) is 9.08. The Hall–Kier alpha value is -2.57. The highest BCUT2D eigenvalue weighted by Gasteiger charge is 2.73. The van der Waals surface area contributed by atoms with E-state index >= 15 is 0 Å². The van der Waals surface area contributed by atoms with Crippen LogP contribution in [0.15, 0.2) is 36.4 Å². The predicted octanol–water partition coefficient (Wildman–Crippen LogP) is 4.75. The van der Waals surface area contributed by atoms with Crippen LogP contribution in [0, 0.1) is 18.8 Å². The molecule has 5 atom stereocenters. The number of rotatable bonds is 8. The highest BCUT2D eigenvalue weighted by atomic mass is 16.5. The first-order chi connectivity index (χ1) is 19.2. The average molecular weight is 545 g/mol. The SMILES string of the molecule is Cc1cccc(CCC(=O)N(CC(C)C)C2CC[C@@]3(O)[C@H]4Cc5ccc(O)c6c5[C@@]3(CCN4CC3CC3)C2O6)c1. The third kappa shape index (κ3) is 3.93. The van der Waals surface area contributed by atoms with E-state index in [0.29, 0.717) is 43.9 Å². The molecule has 40 heavy (non-hydrogen) atoms. The fourth-order valence-electron chi connectivity index (χ4n) is 8.85. The summed E-state index contributed by atoms with van der Waals surface area (Å²) in [5, 5.41) is 23.8. The molecule has 7 rings (SSSR count). The first-order valence-electron chi connectivity index (χ1n) is 15.5. The van der Waals surface area contributed by atoms with Crippen molar-refractivity contribution in [2.75, 3.05) is 19.6 Å². The van der Waals surface area contributed by atoms with Gasteiger partial charge in [0.2, 0.25) is 5.91 Å². The van der Waals surface area contributed by atoms with Crippen LogP contribution >= 0.6 is 0 Å². The zero-order chi connectivity index (χ0) is 27.8. The van der Waals surface area contributed by atoms with Gasteiger partial charge in [0.25, 0.3) is 0 Å². The fourth-order valence-corrected chi connectivity index (χ4v) is 8.85. The lowest BCUT2D eigenvalue weighted by Gasteiger charge is -2.65. The number of aliphatic hydroxyl groups is 1. The number of phenols is 1. The van der Waals surface area contributed by atoms with Gasteiger partial charge in [-0.1, -0.05) is 49.7 Å². The van der Waals surface area contributed by atoms with E-state index in [2.05, 4.69) is 60.9 Å². The molecule has 2 aromatic carbocycles. The number of aromatic hydroxyl groups is 1. The number of benzene rings is 2. The molecule has 214 valence electrons. The molecule has 2 bridgehead atoms. The summed E-state index contributed by atoms with van der Waals surface area (Å²) in [6.07, 6.45) is 6.35. The first-order valence-corrected chi connectivity index (χ1v) is 15.5. The van der Waals surface area contributed by atoms with Crippen LogP contribution in [-0.4, -0.2) is 69.3 Å². The Morgan fingerprint density at radius 1 is 1.18 bits per heavy atom. The normalized spacial score (nSPS) is 32.1. The van der Waals surface area contributed by atoms with Gasteiger partial charge >= 0.3 is 0 Å². The zero-order valence-electron chi connectivity index (χ0n) is 24.2. The van der Waals surface area contributed by atoms with Crippen molar-refractivity contribution in [3.05, 3.63) is 58.7 Å². The second-order valence-corrected chi connectivity index (χ2v) is 13.8. The van der Waals surface area contributed by atoms with Crippen LogP contribution in [0.25, 0.3) is 0 Å². The summed E-state index contributed by atoms with van der Waals surface area (Å²) in [6, 6.07) is 12.1. The molecule has 1 spiro atoms. The molecule has 1 amide bonds. The summed E-state index contributed by atoms with van der Waals surface area (Å²) < 4.78 is 6.78. The minimum atomic E-state index is -0.929. The van der Waals surface area contributed by atoms with Crippen LogP contribution in [0.3, 0.4) is 0 Å². The number of aryl methyl sites for hydroxylation is 2. The van der Waals surface area contributed by atoms with Crippen LogP contribution in [0.2, 0.25) is 0 Å². The maximum Gasteiger partial charge on any atom is 0.223 e. The highest BCUT2D eigenvalue weighted by Crippen LogP contribution is 2.66. The van der Waals surface area contributed by atoms with E-state index in [9.17, 15) is 15.0 Å². The van der Waals surface area contributed by atoms with Crippen molar-refractivity contribution in [3.63, 3.8) is 0 Å². The molecule has 3 fully saturated rings. The number of carbonyl (C=O) groups excluding carboxylic acids is 1. The highest BCUT2D eigenvalue weighted by molar-refractivity contribution is 5.77. The minimum Gasteiger partial charge on any atom is -0.504 e. The standard InChI is InChI=1S/C34H44N2O4/c1-21(2)19-36(29(38)12-9-23-6-4-5-22(3)17-23)26-13-14-34(39)28-18-25-10-11-27(37)31-30(25)33(34,32(26)40-31)15-16-35(28)20-24-7-8-24/h4-6,10-11,17,21,24,26,28,32,37,39H,7-9,12-16,18-20H2,1-3H3/t26?,28-,32?,33+,34-/m1/s1. The van der Waals surface area contributed by atoms with E-state index in [1.807, 2.05) is 0 Å². The quantitative estimate of drug-likeness (QED) is 0.502. The number of likely N-dealkylation sites (tertiary alicyclic amines) is 1. The maximum absolute atomic E-state index is 14.0. The topological polar surface area (TPSA) is 73.2 Å². The average Bonchev–Trinajstić information content (AvgIpc) is 3.66. The van der Waals surface area contributed by atoms with Crippen LogP contribution in [0.4, 0.5) is 0 Å². The lowest BCUT2D eigenvalue weighted by atomic mass is 9.48. The molecule has 2 N–H and O–H groups in total. The number of nitrogens with zero attached hydrogens (tertiary/aromatic N) is 2. The monoisotopic (exact) mass is 544 g/mol. The summed E-state index contributed by atoms with van der Waals surface area (Å²) in [5.41, 5.74) is 3.10. The second kappa shape index (κ2) is 9.49. The molecule has 2 unspecified atom stereocenters. The van der Waals surface area contributed by atoms with Crippen molar-refractivity contribution >= 4 is 5.91 Å². The van der Waals surface area contributed by atoms with Crippen molar-refractivity contribution in [1.82, 2.24) is 9.80 Å². The summed E-state index contributed by atoms with van der Waals surface area (Å²) in [5.74, 6) is 1.94. The number of hydrogen-bond donors (Lipinski definition) is 2. The van der Waals surface area contributed by atoms with Gasteiger partial charge in [0.15, 0.2) is 11.5 Å². The number of amides is 1. The predicted molar refractivity (Wildman–Crippen MR) is 155 cm³/mol. The molecular formula is C34H44N2O4. The number of carbonyl (C=O) groups is 1. The van der Waals surface area contributed by atoms with E-state index in [0.717, 1.165) is 37.4 Å². The summed E-state index contributed by atoms with van der Waals surface area (Å²) >= 11 is 0. The summed E-state index contributed by atoms with van der Waals surface area (Å²) in [4.78, 5) is 18.7. The van der Waals surface area contributed by atoms with Gasteiger partial charge in [0.1, 0.15) is 6.10 Å². The van der Waals surface area contributed by atoms with Crippen LogP contribution in [0.1, 0.15) is 74.6 Å². The second-order valence-electron chi connectivity index (χ2n) is 13.8. The van der Waals surface area contributed by atoms with Gasteiger partial charge in [-0.25, -0.2) is 0 Å². The Balaban J connectivity index is 1.25. The molecule has 3 aliphatic carbocycles. The van der Waals surface area contributed by atoms with Crippen molar-refractivity contribution < 1.29 is 19.7 Å². The van der Waals surface area contributed by atoms with Crippen molar-refractivity contribution in [2.45, 2.75) is 101 Å². The first kappa shape index (κ1) is 26.3. The molecular weight excluding hydrogens is 500 g/mol. The van der Waals surface area contributed by atoms with Gasteiger partial charge in [-0.3, -0.25) is 9.69 Å². The van der Waals surface area contributed by atoms with Crippen molar-refractivity contribution in [2.24, 2.45) is 11.8 Å². The Morgan fingerprint density at radius 3 is 2.75 bits per heavy atom. The Kier molecular flexibility index (Phi) is 6.25. The molecule has 2 aromatic rings. The van der Waals surface area contributed by atoms with Gasteiger partial charge in [-0.15, -0.1) is 0 Å². The molecule has 2 aliphatic heterocycles. The lowest BCUT2D eigenvalue weighted by Crippen LogP contribution is -2.78.